The van der Waals surface area contributed by atoms with Crippen molar-refractivity contribution in [2.24, 2.45) is 11.7 Å². The number of nitrogens with two attached hydrogens (primary N) is 1. The third-order valence-corrected chi connectivity index (χ3v) is 3.49. The molecule has 1 aromatic heterocycles. The van der Waals surface area contributed by atoms with Crippen molar-refractivity contribution in [1.82, 2.24) is 9.78 Å². The highest BCUT2D eigenvalue weighted by Gasteiger charge is 2.24. The Morgan fingerprint density at radius 1 is 1.40 bits per heavy atom. The minimum atomic E-state index is 0.534. The maximum Gasteiger partial charge on any atom is 0.0559 e. The molecule has 2 unspecified atom stereocenters. The third kappa shape index (κ3) is 2.40. The largest absolute Gasteiger partial charge is 0.330 e. The van der Waals surface area contributed by atoms with Crippen LogP contribution in [-0.2, 0) is 0 Å². The van der Waals surface area contributed by atoms with Gasteiger partial charge in [-0.25, -0.2) is 0 Å². The van der Waals surface area contributed by atoms with Gasteiger partial charge in [-0.05, 0) is 37.8 Å². The van der Waals surface area contributed by atoms with Crippen molar-refractivity contribution in [2.45, 2.75) is 45.1 Å². The fourth-order valence-electron chi connectivity index (χ4n) is 2.60. The van der Waals surface area contributed by atoms with Crippen LogP contribution in [0.15, 0.2) is 12.4 Å². The Morgan fingerprint density at radius 3 is 2.87 bits per heavy atom. The van der Waals surface area contributed by atoms with Gasteiger partial charge in [0.2, 0.25) is 0 Å². The van der Waals surface area contributed by atoms with Crippen molar-refractivity contribution >= 4 is 0 Å². The predicted molar refractivity (Wildman–Crippen MR) is 61.6 cm³/mol. The van der Waals surface area contributed by atoms with Crippen LogP contribution in [0.25, 0.3) is 0 Å². The number of aromatic nitrogens is 2. The zero-order valence-electron chi connectivity index (χ0n) is 9.52. The summed E-state index contributed by atoms with van der Waals surface area (Å²) in [5.41, 5.74) is 7.11. The van der Waals surface area contributed by atoms with Crippen molar-refractivity contribution in [3.05, 3.63) is 18.0 Å². The first-order chi connectivity index (χ1) is 7.31. The van der Waals surface area contributed by atoms with E-state index in [9.17, 15) is 0 Å². The monoisotopic (exact) mass is 207 g/mol. The van der Waals surface area contributed by atoms with Gasteiger partial charge in [-0.1, -0.05) is 19.3 Å². The normalized spacial score (nSPS) is 27.6. The Balaban J connectivity index is 2.16. The molecule has 1 heterocycles. The molecule has 0 aliphatic heterocycles. The van der Waals surface area contributed by atoms with E-state index >= 15 is 0 Å². The van der Waals surface area contributed by atoms with Crippen LogP contribution in [0.1, 0.15) is 43.7 Å². The molecule has 0 radical (unpaired) electrons. The molecule has 1 aliphatic rings. The van der Waals surface area contributed by atoms with Gasteiger partial charge in [-0.2, -0.15) is 5.10 Å². The van der Waals surface area contributed by atoms with Crippen LogP contribution < -0.4 is 5.73 Å². The molecule has 0 aromatic carbocycles. The Labute approximate surface area is 91.7 Å². The third-order valence-electron chi connectivity index (χ3n) is 3.49. The van der Waals surface area contributed by atoms with Gasteiger partial charge in [0, 0.05) is 6.20 Å². The highest BCUT2D eigenvalue weighted by Crippen LogP contribution is 2.31. The van der Waals surface area contributed by atoms with E-state index in [1.165, 1.54) is 37.7 Å². The van der Waals surface area contributed by atoms with Gasteiger partial charge in [-0.3, -0.25) is 4.68 Å². The maximum atomic E-state index is 5.87. The first-order valence-electron chi connectivity index (χ1n) is 6.02. The van der Waals surface area contributed by atoms with E-state index in [0.29, 0.717) is 12.0 Å². The molecule has 2 rings (SSSR count). The molecule has 3 heteroatoms. The number of rotatable bonds is 2. The maximum absolute atomic E-state index is 5.87. The smallest absolute Gasteiger partial charge is 0.0559 e. The van der Waals surface area contributed by atoms with Gasteiger partial charge in [-0.15, -0.1) is 0 Å². The van der Waals surface area contributed by atoms with Crippen molar-refractivity contribution in [2.75, 3.05) is 6.54 Å². The summed E-state index contributed by atoms with van der Waals surface area (Å²) >= 11 is 0. The second-order valence-corrected chi connectivity index (χ2v) is 4.70. The van der Waals surface area contributed by atoms with Crippen LogP contribution in [0.2, 0.25) is 0 Å². The summed E-state index contributed by atoms with van der Waals surface area (Å²) in [7, 11) is 0. The van der Waals surface area contributed by atoms with Crippen LogP contribution in [0.4, 0.5) is 0 Å². The molecular weight excluding hydrogens is 186 g/mol. The number of hydrogen-bond acceptors (Lipinski definition) is 2. The SMILES string of the molecule is Cc1cnn(C2CCCCCC2CN)c1. The molecule has 1 aliphatic carbocycles. The highest BCUT2D eigenvalue weighted by molar-refractivity contribution is 5.01. The first kappa shape index (κ1) is 10.7. The Bertz CT molecular complexity index is 306. The summed E-state index contributed by atoms with van der Waals surface area (Å²) < 4.78 is 2.14. The van der Waals surface area contributed by atoms with E-state index in [4.69, 9.17) is 5.73 Å². The van der Waals surface area contributed by atoms with Crippen LogP contribution in [0.3, 0.4) is 0 Å². The summed E-state index contributed by atoms with van der Waals surface area (Å²) in [6.45, 7) is 2.89. The lowest BCUT2D eigenvalue weighted by Crippen LogP contribution is -2.25. The van der Waals surface area contributed by atoms with Crippen molar-refractivity contribution in [3.63, 3.8) is 0 Å². The number of hydrogen-bond donors (Lipinski definition) is 1. The van der Waals surface area contributed by atoms with Gasteiger partial charge in [0.1, 0.15) is 0 Å². The number of nitrogens with zero attached hydrogens (tertiary/aromatic N) is 2. The van der Waals surface area contributed by atoms with E-state index in [1.54, 1.807) is 0 Å². The van der Waals surface area contributed by atoms with E-state index in [2.05, 4.69) is 22.9 Å². The fourth-order valence-corrected chi connectivity index (χ4v) is 2.60. The highest BCUT2D eigenvalue weighted by atomic mass is 15.3. The lowest BCUT2D eigenvalue weighted by Gasteiger charge is -2.24. The Hall–Kier alpha value is -0.830. The fraction of sp³-hybridized carbons (Fsp3) is 0.750. The summed E-state index contributed by atoms with van der Waals surface area (Å²) in [6, 6.07) is 0.534. The second-order valence-electron chi connectivity index (χ2n) is 4.70. The average Bonchev–Trinajstić information content (AvgIpc) is 2.54. The molecule has 84 valence electrons. The molecule has 0 spiro atoms. The zero-order valence-corrected chi connectivity index (χ0v) is 9.52. The van der Waals surface area contributed by atoms with Crippen LogP contribution in [0.5, 0.6) is 0 Å². The predicted octanol–water partition coefficient (Wildman–Crippen LogP) is 2.27. The van der Waals surface area contributed by atoms with Crippen molar-refractivity contribution < 1.29 is 0 Å². The zero-order chi connectivity index (χ0) is 10.7. The van der Waals surface area contributed by atoms with Crippen molar-refractivity contribution in [1.29, 1.82) is 0 Å². The second kappa shape index (κ2) is 4.79. The molecular formula is C12H21N3. The molecule has 1 aromatic rings. The molecule has 0 saturated heterocycles. The van der Waals surface area contributed by atoms with Crippen LogP contribution >= 0.6 is 0 Å². The van der Waals surface area contributed by atoms with Gasteiger partial charge in [0.25, 0.3) is 0 Å². The Morgan fingerprint density at radius 2 is 2.20 bits per heavy atom. The standard InChI is InChI=1S/C12H21N3/c1-10-8-14-15(9-10)12-6-4-2-3-5-11(12)7-13/h8-9,11-12H,2-7,13H2,1H3. The molecule has 1 saturated carbocycles. The minimum Gasteiger partial charge on any atom is -0.330 e. The summed E-state index contributed by atoms with van der Waals surface area (Å²) in [5, 5.41) is 4.44. The van der Waals surface area contributed by atoms with E-state index in [-0.39, 0.29) is 0 Å². The summed E-state index contributed by atoms with van der Waals surface area (Å²) in [4.78, 5) is 0. The quantitative estimate of drug-likeness (QED) is 0.756. The lowest BCUT2D eigenvalue weighted by atomic mass is 9.95. The Kier molecular flexibility index (Phi) is 3.41. The van der Waals surface area contributed by atoms with Crippen molar-refractivity contribution in [3.8, 4) is 0 Å². The van der Waals surface area contributed by atoms with E-state index in [1.807, 2.05) is 6.20 Å². The van der Waals surface area contributed by atoms with Gasteiger partial charge in [0.05, 0.1) is 12.2 Å². The van der Waals surface area contributed by atoms with Gasteiger partial charge >= 0.3 is 0 Å². The molecule has 0 amide bonds. The van der Waals surface area contributed by atoms with Gasteiger partial charge in [0.15, 0.2) is 0 Å². The molecule has 2 N–H and O–H groups in total. The molecule has 1 fully saturated rings. The minimum absolute atomic E-state index is 0.534. The molecule has 15 heavy (non-hydrogen) atoms. The van der Waals surface area contributed by atoms with E-state index < -0.39 is 0 Å². The summed E-state index contributed by atoms with van der Waals surface area (Å²) in [5.74, 6) is 0.617. The molecule has 0 bridgehead atoms. The van der Waals surface area contributed by atoms with Gasteiger partial charge < -0.3 is 5.73 Å². The molecule has 2 atom stereocenters. The summed E-state index contributed by atoms with van der Waals surface area (Å²) in [6.07, 6.45) is 10.6. The van der Waals surface area contributed by atoms with Crippen LogP contribution in [0, 0.1) is 12.8 Å². The van der Waals surface area contributed by atoms with E-state index in [0.717, 1.165) is 6.54 Å². The first-order valence-corrected chi connectivity index (χ1v) is 6.02. The van der Waals surface area contributed by atoms with Crippen LogP contribution in [-0.4, -0.2) is 16.3 Å². The average molecular weight is 207 g/mol. The topological polar surface area (TPSA) is 43.8 Å². The lowest BCUT2D eigenvalue weighted by molar-refractivity contribution is 0.294. The number of aryl methyl sites for hydroxylation is 1. The molecule has 3 nitrogen and oxygen atoms in total.